The Bertz CT molecular complexity index is 910. The summed E-state index contributed by atoms with van der Waals surface area (Å²) >= 11 is 5.90. The van der Waals surface area contributed by atoms with Gasteiger partial charge in [0, 0.05) is 12.6 Å². The largest absolute Gasteiger partial charge is 0.481 e. The van der Waals surface area contributed by atoms with Gasteiger partial charge in [-0.05, 0) is 6.07 Å². The highest BCUT2D eigenvalue weighted by atomic mass is 32.2. The molecule has 0 aliphatic carbocycles. The molecule has 3 rings (SSSR count). The van der Waals surface area contributed by atoms with E-state index in [9.17, 15) is 24.3 Å². The van der Waals surface area contributed by atoms with E-state index in [1.54, 1.807) is 31.3 Å². The number of benzene rings is 1. The average molecular weight is 392 g/mol. The number of nitrogens with zero attached hydrogens (tertiary/aromatic N) is 2. The van der Waals surface area contributed by atoms with Crippen LogP contribution >= 0.6 is 24.0 Å². The Morgan fingerprint density at radius 1 is 1.19 bits per heavy atom. The Hall–Kier alpha value is -2.72. The van der Waals surface area contributed by atoms with Crippen molar-refractivity contribution >= 4 is 63.3 Å². The van der Waals surface area contributed by atoms with Gasteiger partial charge in [-0.3, -0.25) is 19.3 Å². The van der Waals surface area contributed by atoms with Crippen molar-refractivity contribution in [1.29, 1.82) is 0 Å². The SMILES string of the molecule is CN1C(=O)/C(=C2\SC(=S)N([C@@H](CC(=O)O)C(=O)O)C2=O)c2ccccc21. The number of para-hydroxylation sites is 1. The first-order chi connectivity index (χ1) is 12.2. The molecule has 2 heterocycles. The summed E-state index contributed by atoms with van der Waals surface area (Å²) in [5.74, 6) is -4.04. The zero-order valence-electron chi connectivity index (χ0n) is 13.3. The third-order valence-corrected chi connectivity index (χ3v) is 5.45. The number of anilines is 1. The topological polar surface area (TPSA) is 115 Å². The smallest absolute Gasteiger partial charge is 0.327 e. The molecule has 10 heteroatoms. The second-order valence-corrected chi connectivity index (χ2v) is 7.22. The highest BCUT2D eigenvalue weighted by Crippen LogP contribution is 2.44. The van der Waals surface area contributed by atoms with Gasteiger partial charge >= 0.3 is 11.9 Å². The van der Waals surface area contributed by atoms with Gasteiger partial charge in [-0.2, -0.15) is 0 Å². The standard InChI is InChI=1S/C16H12N2O6S2/c1-17-8-5-3-2-4-7(8)11(13(17)21)12-14(22)18(16(25)26-12)9(15(23)24)6-10(19)20/h2-5,9H,6H2,1H3,(H,19,20)(H,23,24)/b12-11-/t9-/m0/s1. The summed E-state index contributed by atoms with van der Waals surface area (Å²) in [7, 11) is 1.57. The van der Waals surface area contributed by atoms with E-state index in [0.29, 0.717) is 11.3 Å². The van der Waals surface area contributed by atoms with Crippen LogP contribution in [0.2, 0.25) is 0 Å². The monoisotopic (exact) mass is 392 g/mol. The van der Waals surface area contributed by atoms with Gasteiger partial charge in [0.1, 0.15) is 10.4 Å². The first-order valence-electron chi connectivity index (χ1n) is 7.35. The molecular formula is C16H12N2O6S2. The number of carboxylic acid groups (broad SMARTS) is 2. The van der Waals surface area contributed by atoms with Crippen LogP contribution in [0.4, 0.5) is 5.69 Å². The fourth-order valence-electron chi connectivity index (χ4n) is 2.84. The number of carbonyl (C=O) groups is 4. The van der Waals surface area contributed by atoms with Crippen molar-refractivity contribution in [1.82, 2.24) is 4.90 Å². The van der Waals surface area contributed by atoms with Gasteiger partial charge in [-0.25, -0.2) is 4.79 Å². The molecule has 1 atom stereocenters. The molecule has 0 saturated carbocycles. The maximum absolute atomic E-state index is 12.8. The minimum atomic E-state index is -1.64. The van der Waals surface area contributed by atoms with Crippen LogP contribution in [0.5, 0.6) is 0 Å². The van der Waals surface area contributed by atoms with E-state index in [1.807, 2.05) is 0 Å². The van der Waals surface area contributed by atoms with Gasteiger partial charge < -0.3 is 15.1 Å². The average Bonchev–Trinajstić information content (AvgIpc) is 2.99. The minimum absolute atomic E-state index is 0.00781. The van der Waals surface area contributed by atoms with Crippen LogP contribution in [0, 0.1) is 0 Å². The first kappa shape index (κ1) is 18.1. The molecule has 0 spiro atoms. The van der Waals surface area contributed by atoms with Crippen molar-refractivity contribution in [3.63, 3.8) is 0 Å². The fraction of sp³-hybridized carbons (Fsp3) is 0.188. The highest BCUT2D eigenvalue weighted by molar-refractivity contribution is 8.26. The number of thioether (sulfide) groups is 1. The Morgan fingerprint density at radius 2 is 1.85 bits per heavy atom. The molecule has 26 heavy (non-hydrogen) atoms. The molecule has 2 aliphatic rings. The quantitative estimate of drug-likeness (QED) is 0.579. The molecule has 2 N–H and O–H groups in total. The lowest BCUT2D eigenvalue weighted by Crippen LogP contribution is -2.45. The number of likely N-dealkylation sites (N-methyl/N-ethyl adjacent to an activating group) is 1. The molecule has 0 aromatic heterocycles. The number of rotatable bonds is 4. The van der Waals surface area contributed by atoms with Crippen molar-refractivity contribution in [3.05, 3.63) is 34.7 Å². The van der Waals surface area contributed by atoms with E-state index < -0.39 is 36.2 Å². The second kappa shape index (κ2) is 6.54. The van der Waals surface area contributed by atoms with Crippen LogP contribution in [0.15, 0.2) is 29.2 Å². The lowest BCUT2D eigenvalue weighted by atomic mass is 10.1. The first-order valence-corrected chi connectivity index (χ1v) is 8.58. The number of carboxylic acids is 2. The zero-order valence-corrected chi connectivity index (χ0v) is 15.0. The summed E-state index contributed by atoms with van der Waals surface area (Å²) in [4.78, 5) is 50.0. The molecule has 134 valence electrons. The number of amides is 2. The molecule has 2 aliphatic heterocycles. The third-order valence-electron chi connectivity index (χ3n) is 4.04. The van der Waals surface area contributed by atoms with Crippen molar-refractivity contribution in [2.75, 3.05) is 11.9 Å². The van der Waals surface area contributed by atoms with E-state index in [4.69, 9.17) is 17.3 Å². The number of hydrogen-bond acceptors (Lipinski definition) is 6. The van der Waals surface area contributed by atoms with Crippen molar-refractivity contribution in [2.24, 2.45) is 0 Å². The Kier molecular flexibility index (Phi) is 4.55. The van der Waals surface area contributed by atoms with Gasteiger partial charge in [0.15, 0.2) is 0 Å². The number of thiocarbonyl (C=S) groups is 1. The molecule has 0 radical (unpaired) electrons. The maximum Gasteiger partial charge on any atom is 0.327 e. The van der Waals surface area contributed by atoms with Crippen LogP contribution in [0.3, 0.4) is 0 Å². The van der Waals surface area contributed by atoms with Gasteiger partial charge in [0.05, 0.1) is 22.6 Å². The van der Waals surface area contributed by atoms with Gasteiger partial charge in [-0.15, -0.1) is 0 Å². The number of aliphatic carboxylic acids is 2. The summed E-state index contributed by atoms with van der Waals surface area (Å²) < 4.78 is -0.0917. The summed E-state index contributed by atoms with van der Waals surface area (Å²) in [5, 5.41) is 18.2. The Morgan fingerprint density at radius 3 is 2.46 bits per heavy atom. The fourth-order valence-corrected chi connectivity index (χ4v) is 4.27. The number of fused-ring (bicyclic) bond motifs is 1. The lowest BCUT2D eigenvalue weighted by molar-refractivity contribution is -0.150. The predicted octanol–water partition coefficient (Wildman–Crippen LogP) is 1.16. The van der Waals surface area contributed by atoms with E-state index in [2.05, 4.69) is 0 Å². The summed E-state index contributed by atoms with van der Waals surface area (Å²) in [6.07, 6.45) is -0.797. The molecule has 1 fully saturated rings. The van der Waals surface area contributed by atoms with Crippen LogP contribution in [0.1, 0.15) is 12.0 Å². The Balaban J connectivity index is 2.09. The van der Waals surface area contributed by atoms with Crippen molar-refractivity contribution in [3.8, 4) is 0 Å². The van der Waals surface area contributed by atoms with E-state index >= 15 is 0 Å². The summed E-state index contributed by atoms with van der Waals surface area (Å²) in [5.41, 5.74) is 1.31. The second-order valence-electron chi connectivity index (χ2n) is 5.58. The van der Waals surface area contributed by atoms with E-state index in [-0.39, 0.29) is 14.8 Å². The zero-order chi connectivity index (χ0) is 19.2. The summed E-state index contributed by atoms with van der Waals surface area (Å²) in [6, 6.07) is 5.25. The molecule has 1 saturated heterocycles. The molecule has 0 unspecified atom stereocenters. The highest BCUT2D eigenvalue weighted by Gasteiger charge is 2.45. The maximum atomic E-state index is 12.8. The van der Waals surface area contributed by atoms with Gasteiger partial charge in [-0.1, -0.05) is 42.2 Å². The molecule has 1 aromatic carbocycles. The molecule has 1 aromatic rings. The molecule has 8 nitrogen and oxygen atoms in total. The van der Waals surface area contributed by atoms with Crippen molar-refractivity contribution in [2.45, 2.75) is 12.5 Å². The molecule has 2 amide bonds. The number of hydrogen-bond donors (Lipinski definition) is 2. The normalized spacial score (nSPS) is 20.6. The van der Waals surface area contributed by atoms with Crippen LogP contribution < -0.4 is 4.90 Å². The third kappa shape index (κ3) is 2.76. The lowest BCUT2D eigenvalue weighted by Gasteiger charge is -2.21. The van der Waals surface area contributed by atoms with Gasteiger partial charge in [0.2, 0.25) is 0 Å². The molecular weight excluding hydrogens is 380 g/mol. The van der Waals surface area contributed by atoms with E-state index in [0.717, 1.165) is 16.7 Å². The van der Waals surface area contributed by atoms with Crippen LogP contribution in [-0.4, -0.2) is 56.3 Å². The van der Waals surface area contributed by atoms with Crippen molar-refractivity contribution < 1.29 is 29.4 Å². The molecule has 0 bridgehead atoms. The summed E-state index contributed by atoms with van der Waals surface area (Å²) in [6.45, 7) is 0. The predicted molar refractivity (Wildman–Crippen MR) is 97.5 cm³/mol. The van der Waals surface area contributed by atoms with Gasteiger partial charge in [0.25, 0.3) is 11.8 Å². The Labute approximate surface area is 157 Å². The van der Waals surface area contributed by atoms with Crippen LogP contribution in [0.25, 0.3) is 5.57 Å². The van der Waals surface area contributed by atoms with E-state index in [1.165, 1.54) is 4.90 Å². The minimum Gasteiger partial charge on any atom is -0.481 e. The van der Waals surface area contributed by atoms with Crippen LogP contribution in [-0.2, 0) is 19.2 Å². The number of carbonyl (C=O) groups excluding carboxylic acids is 2.